The van der Waals surface area contributed by atoms with Gasteiger partial charge in [-0.05, 0) is 38.7 Å². The number of thiophene rings is 1. The van der Waals surface area contributed by atoms with E-state index in [1.807, 2.05) is 42.6 Å². The summed E-state index contributed by atoms with van der Waals surface area (Å²) in [5.41, 5.74) is 3.05. The molecule has 0 bridgehead atoms. The van der Waals surface area contributed by atoms with Crippen LogP contribution in [0.25, 0.3) is 20.4 Å². The Bertz CT molecular complexity index is 1120. The van der Waals surface area contributed by atoms with Gasteiger partial charge >= 0.3 is 0 Å². The number of rotatable bonds is 3. The highest BCUT2D eigenvalue weighted by Gasteiger charge is 2.21. The first-order valence-corrected chi connectivity index (χ1v) is 10.7. The van der Waals surface area contributed by atoms with Gasteiger partial charge in [-0.2, -0.15) is 0 Å². The molecule has 29 heavy (non-hydrogen) atoms. The lowest BCUT2D eigenvalue weighted by Gasteiger charge is -2.18. The first kappa shape index (κ1) is 21.0. The summed E-state index contributed by atoms with van der Waals surface area (Å²) < 4.78 is 2.51. The van der Waals surface area contributed by atoms with Gasteiger partial charge in [0, 0.05) is 26.3 Å². The van der Waals surface area contributed by atoms with E-state index in [0.717, 1.165) is 47.1 Å². The van der Waals surface area contributed by atoms with Crippen LogP contribution in [0.15, 0.2) is 60.3 Å². The first-order chi connectivity index (χ1) is 14.0. The van der Waals surface area contributed by atoms with Gasteiger partial charge < -0.3 is 4.90 Å². The van der Waals surface area contributed by atoms with Crippen LogP contribution in [0.2, 0.25) is 0 Å². The maximum Gasteiger partial charge on any atom is 0.271 e. The van der Waals surface area contributed by atoms with Crippen molar-refractivity contribution in [2.75, 3.05) is 19.0 Å². The number of anilines is 1. The second kappa shape index (κ2) is 9.18. The van der Waals surface area contributed by atoms with Crippen LogP contribution in [-0.2, 0) is 0 Å². The van der Waals surface area contributed by atoms with E-state index in [4.69, 9.17) is 4.98 Å². The topological polar surface area (TPSA) is 51.0 Å². The average molecular weight is 409 g/mol. The van der Waals surface area contributed by atoms with Crippen LogP contribution in [0.5, 0.6) is 0 Å². The van der Waals surface area contributed by atoms with E-state index < -0.39 is 0 Å². The van der Waals surface area contributed by atoms with Gasteiger partial charge in [0.05, 0.1) is 22.9 Å². The highest BCUT2D eigenvalue weighted by Crippen LogP contribution is 2.36. The van der Waals surface area contributed by atoms with Crippen molar-refractivity contribution in [2.45, 2.75) is 38.6 Å². The molecule has 6 heteroatoms. The molecule has 152 valence electrons. The van der Waals surface area contributed by atoms with Gasteiger partial charge in [0.25, 0.3) is 5.56 Å². The van der Waals surface area contributed by atoms with Crippen molar-refractivity contribution in [1.82, 2.24) is 14.5 Å². The Morgan fingerprint density at radius 2 is 2.07 bits per heavy atom. The lowest BCUT2D eigenvalue weighted by atomic mass is 10.1. The molecule has 0 aromatic carbocycles. The Kier molecular flexibility index (Phi) is 6.64. The number of nitrogens with zero attached hydrogens (tertiary/aromatic N) is 4. The zero-order valence-corrected chi connectivity index (χ0v) is 18.2. The van der Waals surface area contributed by atoms with Crippen LogP contribution in [0.1, 0.15) is 38.6 Å². The Morgan fingerprint density at radius 3 is 2.76 bits per heavy atom. The van der Waals surface area contributed by atoms with E-state index >= 15 is 0 Å². The summed E-state index contributed by atoms with van der Waals surface area (Å²) in [5.74, 6) is 0. The largest absolute Gasteiger partial charge is 0.377 e. The molecule has 0 amide bonds. The second-order valence-corrected chi connectivity index (χ2v) is 8.32. The van der Waals surface area contributed by atoms with Crippen molar-refractivity contribution < 1.29 is 0 Å². The maximum absolute atomic E-state index is 13.2. The highest BCUT2D eigenvalue weighted by atomic mass is 32.1. The van der Waals surface area contributed by atoms with E-state index in [0.29, 0.717) is 4.70 Å². The molecule has 3 aromatic rings. The summed E-state index contributed by atoms with van der Waals surface area (Å²) in [5, 5.41) is 0.967. The van der Waals surface area contributed by atoms with Crippen LogP contribution in [0.3, 0.4) is 0 Å². The SMILES string of the molecule is C=CC.C=CC1=CCCCC(n2cnc3c(sc4nccc(N(C)C)c43)c2=O)C1. The molecule has 0 N–H and O–H groups in total. The van der Waals surface area contributed by atoms with Crippen molar-refractivity contribution in [1.29, 1.82) is 0 Å². The molecule has 0 aliphatic heterocycles. The van der Waals surface area contributed by atoms with Crippen molar-refractivity contribution in [3.63, 3.8) is 0 Å². The molecule has 0 saturated carbocycles. The number of hydrogen-bond donors (Lipinski definition) is 0. The molecule has 3 heterocycles. The highest BCUT2D eigenvalue weighted by molar-refractivity contribution is 7.25. The average Bonchev–Trinajstić information content (AvgIpc) is 2.93. The summed E-state index contributed by atoms with van der Waals surface area (Å²) in [6, 6.07) is 2.10. The van der Waals surface area contributed by atoms with E-state index in [9.17, 15) is 4.79 Å². The van der Waals surface area contributed by atoms with E-state index in [-0.39, 0.29) is 11.6 Å². The molecule has 1 aliphatic rings. The first-order valence-electron chi connectivity index (χ1n) is 9.86. The second-order valence-electron chi connectivity index (χ2n) is 7.32. The fourth-order valence-electron chi connectivity index (χ4n) is 3.68. The third-order valence-electron chi connectivity index (χ3n) is 5.04. The van der Waals surface area contributed by atoms with Gasteiger partial charge in [-0.3, -0.25) is 9.36 Å². The standard InChI is InChI=1S/C20H22N4OS.C3H6/c1-4-13-7-5-6-8-14(11-13)24-12-22-17-16-15(23(2)3)9-10-21-19(16)26-18(17)20(24)25;1-3-2/h4,7,9-10,12,14H,1,5-6,8,11H2,2-3H3;3H,1H2,2H3. The molecular formula is C23H28N4OS. The zero-order chi connectivity index (χ0) is 21.0. The number of hydrogen-bond acceptors (Lipinski definition) is 5. The summed E-state index contributed by atoms with van der Waals surface area (Å²) in [6.07, 6.45) is 13.3. The van der Waals surface area contributed by atoms with Crippen molar-refractivity contribution >= 4 is 37.5 Å². The summed E-state index contributed by atoms with van der Waals surface area (Å²) in [7, 11) is 3.99. The third-order valence-corrected chi connectivity index (χ3v) is 6.12. The monoisotopic (exact) mass is 408 g/mol. The Labute approximate surface area is 175 Å². The predicted molar refractivity (Wildman–Crippen MR) is 125 cm³/mol. The van der Waals surface area contributed by atoms with Gasteiger partial charge in [0.15, 0.2) is 0 Å². The van der Waals surface area contributed by atoms with Crippen LogP contribution in [-0.4, -0.2) is 28.6 Å². The molecule has 3 aromatic heterocycles. The predicted octanol–water partition coefficient (Wildman–Crippen LogP) is 5.49. The quantitative estimate of drug-likeness (QED) is 0.538. The molecule has 1 unspecified atom stereocenters. The van der Waals surface area contributed by atoms with E-state index in [1.165, 1.54) is 16.9 Å². The normalized spacial score (nSPS) is 16.5. The lowest BCUT2D eigenvalue weighted by molar-refractivity contribution is 0.448. The van der Waals surface area contributed by atoms with Crippen LogP contribution in [0.4, 0.5) is 5.69 Å². The summed E-state index contributed by atoms with van der Waals surface area (Å²) >= 11 is 1.44. The van der Waals surface area contributed by atoms with Crippen molar-refractivity contribution in [3.05, 3.63) is 65.9 Å². The third kappa shape index (κ3) is 4.17. The van der Waals surface area contributed by atoms with Crippen molar-refractivity contribution in [2.24, 2.45) is 0 Å². The summed E-state index contributed by atoms with van der Waals surface area (Å²) in [4.78, 5) is 25.3. The minimum Gasteiger partial charge on any atom is -0.377 e. The molecule has 0 saturated heterocycles. The fraction of sp³-hybridized carbons (Fsp3) is 0.348. The number of pyridine rings is 1. The molecule has 4 rings (SSSR count). The molecule has 1 aliphatic carbocycles. The van der Waals surface area contributed by atoms with Gasteiger partial charge in [-0.1, -0.05) is 30.4 Å². The van der Waals surface area contributed by atoms with Gasteiger partial charge in [0.1, 0.15) is 9.53 Å². The molecule has 5 nitrogen and oxygen atoms in total. The number of aromatic nitrogens is 3. The van der Waals surface area contributed by atoms with Crippen molar-refractivity contribution in [3.8, 4) is 0 Å². The maximum atomic E-state index is 13.2. The smallest absolute Gasteiger partial charge is 0.271 e. The number of allylic oxidation sites excluding steroid dienone is 4. The van der Waals surface area contributed by atoms with Gasteiger partial charge in [-0.25, -0.2) is 9.97 Å². The van der Waals surface area contributed by atoms with E-state index in [1.54, 1.807) is 18.6 Å². The minimum absolute atomic E-state index is 0.0398. The van der Waals surface area contributed by atoms with Crippen LogP contribution < -0.4 is 10.5 Å². The Balaban J connectivity index is 0.000000755. The van der Waals surface area contributed by atoms with Crippen LogP contribution in [0, 0.1) is 0 Å². The molecular weight excluding hydrogens is 380 g/mol. The molecule has 1 atom stereocenters. The molecule has 0 fully saturated rings. The lowest BCUT2D eigenvalue weighted by Crippen LogP contribution is -2.24. The Hall–Kier alpha value is -2.73. The van der Waals surface area contributed by atoms with Crippen LogP contribution >= 0.6 is 11.3 Å². The summed E-state index contributed by atoms with van der Waals surface area (Å²) in [6.45, 7) is 9.15. The van der Waals surface area contributed by atoms with Gasteiger partial charge in [0.2, 0.25) is 0 Å². The zero-order valence-electron chi connectivity index (χ0n) is 17.4. The minimum atomic E-state index is 0.0398. The van der Waals surface area contributed by atoms with E-state index in [2.05, 4.69) is 24.2 Å². The fourth-order valence-corrected chi connectivity index (χ4v) is 4.74. The van der Waals surface area contributed by atoms with Gasteiger partial charge in [-0.15, -0.1) is 17.9 Å². The molecule has 0 radical (unpaired) electrons. The number of fused-ring (bicyclic) bond motifs is 3. The Morgan fingerprint density at radius 1 is 1.31 bits per heavy atom. The molecule has 0 spiro atoms.